The van der Waals surface area contributed by atoms with E-state index in [4.69, 9.17) is 21.1 Å². The molecule has 2 aromatic carbocycles. The van der Waals surface area contributed by atoms with Crippen LogP contribution in [-0.2, 0) is 10.2 Å². The monoisotopic (exact) mass is 359 g/mol. The van der Waals surface area contributed by atoms with Crippen molar-refractivity contribution >= 4 is 23.4 Å². The van der Waals surface area contributed by atoms with Gasteiger partial charge in [0.25, 0.3) is 0 Å². The average molecular weight is 360 g/mol. The molecule has 0 N–H and O–H groups in total. The highest BCUT2D eigenvalue weighted by molar-refractivity contribution is 6.30. The van der Waals surface area contributed by atoms with Gasteiger partial charge in [0.15, 0.2) is 6.10 Å². The zero-order valence-corrected chi connectivity index (χ0v) is 15.4. The second-order valence-corrected chi connectivity index (χ2v) is 7.61. The lowest BCUT2D eigenvalue weighted by Crippen LogP contribution is -2.26. The van der Waals surface area contributed by atoms with E-state index in [9.17, 15) is 4.79 Å². The van der Waals surface area contributed by atoms with Gasteiger partial charge in [-0.05, 0) is 47.4 Å². The van der Waals surface area contributed by atoms with E-state index in [0.29, 0.717) is 18.2 Å². The molecule has 1 amide bonds. The van der Waals surface area contributed by atoms with E-state index in [1.165, 1.54) is 5.56 Å². The van der Waals surface area contributed by atoms with Crippen LogP contribution in [0.5, 0.6) is 5.75 Å². The summed E-state index contributed by atoms with van der Waals surface area (Å²) in [5.41, 5.74) is 2.13. The lowest BCUT2D eigenvalue weighted by atomic mass is 9.87. The molecule has 1 unspecified atom stereocenters. The van der Waals surface area contributed by atoms with Crippen LogP contribution in [0.25, 0.3) is 0 Å². The van der Waals surface area contributed by atoms with E-state index < -0.39 is 0 Å². The van der Waals surface area contributed by atoms with E-state index in [2.05, 4.69) is 32.9 Å². The first kappa shape index (κ1) is 17.6. The van der Waals surface area contributed by atoms with Crippen LogP contribution in [0.4, 0.5) is 10.5 Å². The average Bonchev–Trinajstić information content (AvgIpc) is 2.94. The van der Waals surface area contributed by atoms with Crippen LogP contribution in [0.15, 0.2) is 48.5 Å². The maximum Gasteiger partial charge on any atom is 0.414 e. The molecule has 4 nitrogen and oxygen atoms in total. The molecule has 25 heavy (non-hydrogen) atoms. The first-order valence-corrected chi connectivity index (χ1v) is 8.68. The van der Waals surface area contributed by atoms with Crippen LogP contribution in [0.3, 0.4) is 0 Å². The van der Waals surface area contributed by atoms with Crippen molar-refractivity contribution in [3.63, 3.8) is 0 Å². The minimum Gasteiger partial charge on any atom is -0.490 e. The van der Waals surface area contributed by atoms with Crippen molar-refractivity contribution in [2.75, 3.05) is 18.1 Å². The quantitative estimate of drug-likeness (QED) is 0.767. The summed E-state index contributed by atoms with van der Waals surface area (Å²) in [6.07, 6.45) is -0.663. The molecule has 0 saturated carbocycles. The van der Waals surface area contributed by atoms with E-state index in [-0.39, 0.29) is 17.6 Å². The number of carbonyl (C=O) groups is 1. The van der Waals surface area contributed by atoms with Gasteiger partial charge in [-0.2, -0.15) is 0 Å². The van der Waals surface area contributed by atoms with Crippen LogP contribution < -0.4 is 9.64 Å². The van der Waals surface area contributed by atoms with Crippen molar-refractivity contribution in [2.24, 2.45) is 0 Å². The standard InChI is InChI=1S/C20H22ClNO3/c1-20(2,3)14-4-10-17(11-5-14)24-13-18-12-22(19(23)25-18)16-8-6-15(21)7-9-16/h4-11,18H,12-13H2,1-3H3. The summed E-state index contributed by atoms with van der Waals surface area (Å²) in [4.78, 5) is 13.6. The summed E-state index contributed by atoms with van der Waals surface area (Å²) >= 11 is 5.89. The summed E-state index contributed by atoms with van der Waals surface area (Å²) in [7, 11) is 0. The number of ether oxygens (including phenoxy) is 2. The molecule has 1 aliphatic rings. The molecule has 2 aromatic rings. The number of anilines is 1. The van der Waals surface area contributed by atoms with Crippen molar-refractivity contribution in [3.05, 3.63) is 59.1 Å². The Morgan fingerprint density at radius 1 is 1.12 bits per heavy atom. The molecule has 1 aliphatic heterocycles. The van der Waals surface area contributed by atoms with Gasteiger partial charge in [-0.1, -0.05) is 44.5 Å². The summed E-state index contributed by atoms with van der Waals surface area (Å²) in [5, 5.41) is 0.634. The molecule has 1 saturated heterocycles. The Kier molecular flexibility index (Phi) is 4.91. The van der Waals surface area contributed by atoms with E-state index in [1.54, 1.807) is 29.2 Å². The van der Waals surface area contributed by atoms with Gasteiger partial charge in [-0.3, -0.25) is 4.90 Å². The Balaban J connectivity index is 1.57. The second-order valence-electron chi connectivity index (χ2n) is 7.18. The summed E-state index contributed by atoms with van der Waals surface area (Å²) in [5.74, 6) is 0.772. The molecule has 1 fully saturated rings. The number of carbonyl (C=O) groups excluding carboxylic acids is 1. The normalized spacial score (nSPS) is 17.5. The van der Waals surface area contributed by atoms with E-state index >= 15 is 0 Å². The minimum atomic E-state index is -0.362. The van der Waals surface area contributed by atoms with Crippen LogP contribution in [0.1, 0.15) is 26.3 Å². The fraction of sp³-hybridized carbons (Fsp3) is 0.350. The molecule has 0 bridgehead atoms. The summed E-state index contributed by atoms with van der Waals surface area (Å²) in [6.45, 7) is 7.30. The van der Waals surface area contributed by atoms with Gasteiger partial charge in [0, 0.05) is 10.7 Å². The maximum absolute atomic E-state index is 12.1. The first-order valence-electron chi connectivity index (χ1n) is 8.30. The number of amides is 1. The van der Waals surface area contributed by atoms with Gasteiger partial charge in [0.2, 0.25) is 0 Å². The molecular formula is C20H22ClNO3. The molecule has 0 aromatic heterocycles. The number of cyclic esters (lactones) is 1. The van der Waals surface area contributed by atoms with E-state index in [0.717, 1.165) is 11.4 Å². The van der Waals surface area contributed by atoms with Crippen molar-refractivity contribution in [1.29, 1.82) is 0 Å². The van der Waals surface area contributed by atoms with Gasteiger partial charge in [0.05, 0.1) is 6.54 Å². The van der Waals surface area contributed by atoms with Crippen LogP contribution in [0, 0.1) is 0 Å². The first-order chi connectivity index (χ1) is 11.8. The smallest absolute Gasteiger partial charge is 0.414 e. The maximum atomic E-state index is 12.1. The molecule has 132 valence electrons. The number of nitrogens with zero attached hydrogens (tertiary/aromatic N) is 1. The third-order valence-electron chi connectivity index (χ3n) is 4.17. The minimum absolute atomic E-state index is 0.110. The summed E-state index contributed by atoms with van der Waals surface area (Å²) in [6, 6.07) is 15.2. The molecule has 3 rings (SSSR count). The number of hydrogen-bond acceptors (Lipinski definition) is 3. The van der Waals surface area contributed by atoms with Crippen LogP contribution in [0.2, 0.25) is 5.02 Å². The zero-order chi connectivity index (χ0) is 18.0. The molecule has 0 aliphatic carbocycles. The number of halogens is 1. The fourth-order valence-corrected chi connectivity index (χ4v) is 2.81. The second kappa shape index (κ2) is 6.96. The van der Waals surface area contributed by atoms with Crippen molar-refractivity contribution in [2.45, 2.75) is 32.3 Å². The Morgan fingerprint density at radius 2 is 1.76 bits per heavy atom. The lowest BCUT2D eigenvalue weighted by molar-refractivity contribution is 0.105. The lowest BCUT2D eigenvalue weighted by Gasteiger charge is -2.19. The number of hydrogen-bond donors (Lipinski definition) is 0. The fourth-order valence-electron chi connectivity index (χ4n) is 2.68. The predicted octanol–water partition coefficient (Wildman–Crippen LogP) is 5.04. The van der Waals surface area contributed by atoms with E-state index in [1.807, 2.05) is 12.1 Å². The number of rotatable bonds is 4. The van der Waals surface area contributed by atoms with Gasteiger partial charge in [-0.15, -0.1) is 0 Å². The zero-order valence-electron chi connectivity index (χ0n) is 14.7. The van der Waals surface area contributed by atoms with Gasteiger partial charge in [0.1, 0.15) is 12.4 Å². The Bertz CT molecular complexity index is 735. The van der Waals surface area contributed by atoms with Crippen LogP contribution in [-0.4, -0.2) is 25.3 Å². The molecular weight excluding hydrogens is 338 g/mol. The van der Waals surface area contributed by atoms with Gasteiger partial charge in [-0.25, -0.2) is 4.79 Å². The largest absolute Gasteiger partial charge is 0.490 e. The van der Waals surface area contributed by atoms with Crippen molar-refractivity contribution in [3.8, 4) is 5.75 Å². The Hall–Kier alpha value is -2.20. The van der Waals surface area contributed by atoms with Gasteiger partial charge >= 0.3 is 6.09 Å². The highest BCUT2D eigenvalue weighted by Crippen LogP contribution is 2.26. The Morgan fingerprint density at radius 3 is 2.36 bits per heavy atom. The third-order valence-corrected chi connectivity index (χ3v) is 4.42. The van der Waals surface area contributed by atoms with Crippen molar-refractivity contribution in [1.82, 2.24) is 0 Å². The third kappa shape index (κ3) is 4.26. The molecule has 1 heterocycles. The van der Waals surface area contributed by atoms with Crippen molar-refractivity contribution < 1.29 is 14.3 Å². The van der Waals surface area contributed by atoms with Crippen LogP contribution >= 0.6 is 11.6 Å². The highest BCUT2D eigenvalue weighted by atomic mass is 35.5. The predicted molar refractivity (Wildman–Crippen MR) is 99.7 cm³/mol. The summed E-state index contributed by atoms with van der Waals surface area (Å²) < 4.78 is 11.2. The highest BCUT2D eigenvalue weighted by Gasteiger charge is 2.32. The molecule has 5 heteroatoms. The Labute approximate surface area is 153 Å². The topological polar surface area (TPSA) is 38.8 Å². The number of benzene rings is 2. The molecule has 0 radical (unpaired) electrons. The molecule has 1 atom stereocenters. The molecule has 0 spiro atoms. The van der Waals surface area contributed by atoms with Gasteiger partial charge < -0.3 is 9.47 Å². The SMILES string of the molecule is CC(C)(C)c1ccc(OCC2CN(c3ccc(Cl)cc3)C(=O)O2)cc1.